The third-order valence-corrected chi connectivity index (χ3v) is 5.73. The summed E-state index contributed by atoms with van der Waals surface area (Å²) >= 11 is 0. The summed E-state index contributed by atoms with van der Waals surface area (Å²) in [5.74, 6) is 1.55. The Hall–Kier alpha value is -1.59. The summed E-state index contributed by atoms with van der Waals surface area (Å²) < 4.78 is 10.9. The van der Waals surface area contributed by atoms with E-state index in [0.717, 1.165) is 57.0 Å². The van der Waals surface area contributed by atoms with Crippen LogP contribution in [0.2, 0.25) is 0 Å². The van der Waals surface area contributed by atoms with Crippen molar-refractivity contribution in [2.75, 3.05) is 54.1 Å². The monoisotopic (exact) mass is 346 g/mol. The first-order chi connectivity index (χ1) is 12.0. The van der Waals surface area contributed by atoms with Crippen LogP contribution in [0, 0.1) is 11.3 Å². The van der Waals surface area contributed by atoms with Crippen molar-refractivity contribution >= 4 is 5.91 Å². The fourth-order valence-corrected chi connectivity index (χ4v) is 4.33. The number of nitrogens with zero attached hydrogens (tertiary/aromatic N) is 2. The predicted molar refractivity (Wildman–Crippen MR) is 97.8 cm³/mol. The number of rotatable bonds is 5. The maximum Gasteiger partial charge on any atom is 0.227 e. The normalized spacial score (nSPS) is 22.6. The molecule has 0 bridgehead atoms. The van der Waals surface area contributed by atoms with Crippen molar-refractivity contribution in [1.29, 1.82) is 0 Å². The second-order valence-corrected chi connectivity index (χ2v) is 7.74. The molecule has 5 heteroatoms. The van der Waals surface area contributed by atoms with Crippen molar-refractivity contribution in [1.82, 2.24) is 9.80 Å². The van der Waals surface area contributed by atoms with Gasteiger partial charge in [-0.2, -0.15) is 0 Å². The summed E-state index contributed by atoms with van der Waals surface area (Å²) in [6.45, 7) is 4.41. The molecule has 0 radical (unpaired) electrons. The van der Waals surface area contributed by atoms with Gasteiger partial charge < -0.3 is 19.3 Å². The van der Waals surface area contributed by atoms with Gasteiger partial charge in [-0.3, -0.25) is 4.79 Å². The molecule has 138 valence electrons. The van der Waals surface area contributed by atoms with E-state index in [4.69, 9.17) is 9.47 Å². The molecule has 1 atom stereocenters. The zero-order valence-corrected chi connectivity index (χ0v) is 15.7. The highest BCUT2D eigenvalue weighted by atomic mass is 16.5. The van der Waals surface area contributed by atoms with Crippen LogP contribution in [-0.2, 0) is 16.0 Å². The Morgan fingerprint density at radius 1 is 1.36 bits per heavy atom. The average Bonchev–Trinajstić information content (AvgIpc) is 2.93. The van der Waals surface area contributed by atoms with Gasteiger partial charge in [0, 0.05) is 32.8 Å². The summed E-state index contributed by atoms with van der Waals surface area (Å²) in [6.07, 6.45) is 2.57. The molecule has 0 aliphatic carbocycles. The fraction of sp³-hybridized carbons (Fsp3) is 0.650. The lowest BCUT2D eigenvalue weighted by Gasteiger charge is -2.38. The lowest BCUT2D eigenvalue weighted by atomic mass is 9.72. The van der Waals surface area contributed by atoms with Gasteiger partial charge in [0.2, 0.25) is 5.91 Å². The van der Waals surface area contributed by atoms with Gasteiger partial charge >= 0.3 is 0 Å². The molecule has 2 fully saturated rings. The smallest absolute Gasteiger partial charge is 0.227 e. The molecular formula is C20H30N2O3. The van der Waals surface area contributed by atoms with E-state index in [9.17, 15) is 4.79 Å². The zero-order valence-electron chi connectivity index (χ0n) is 15.7. The second kappa shape index (κ2) is 7.75. The Balaban J connectivity index is 1.70. The van der Waals surface area contributed by atoms with Crippen molar-refractivity contribution in [3.8, 4) is 5.75 Å². The fourth-order valence-electron chi connectivity index (χ4n) is 4.33. The van der Waals surface area contributed by atoms with Crippen LogP contribution in [0.25, 0.3) is 0 Å². The summed E-state index contributed by atoms with van der Waals surface area (Å²) in [5, 5.41) is 0. The van der Waals surface area contributed by atoms with E-state index in [0.29, 0.717) is 12.3 Å². The van der Waals surface area contributed by atoms with E-state index < -0.39 is 0 Å². The van der Waals surface area contributed by atoms with Crippen LogP contribution < -0.4 is 4.74 Å². The minimum absolute atomic E-state index is 0.223. The molecule has 2 saturated heterocycles. The minimum atomic E-state index is 0.223. The number of hydrogen-bond acceptors (Lipinski definition) is 4. The molecule has 0 unspecified atom stereocenters. The van der Waals surface area contributed by atoms with Crippen molar-refractivity contribution < 1.29 is 14.3 Å². The summed E-state index contributed by atoms with van der Waals surface area (Å²) in [7, 11) is 5.89. The number of likely N-dealkylation sites (tertiary alicyclic amines) is 1. The Morgan fingerprint density at radius 2 is 2.12 bits per heavy atom. The molecule has 2 aliphatic rings. The average molecular weight is 346 g/mol. The molecule has 0 N–H and O–H groups in total. The van der Waals surface area contributed by atoms with E-state index in [2.05, 4.69) is 23.9 Å². The van der Waals surface area contributed by atoms with Gasteiger partial charge in [-0.1, -0.05) is 12.1 Å². The molecule has 0 saturated carbocycles. The quantitative estimate of drug-likeness (QED) is 0.818. The van der Waals surface area contributed by atoms with Crippen LogP contribution in [0.1, 0.15) is 18.4 Å². The van der Waals surface area contributed by atoms with Gasteiger partial charge in [0.25, 0.3) is 0 Å². The number of carbonyl (C=O) groups excluding carboxylic acids is 1. The lowest BCUT2D eigenvalue weighted by molar-refractivity contribution is -0.130. The molecule has 5 nitrogen and oxygen atoms in total. The van der Waals surface area contributed by atoms with Crippen molar-refractivity contribution in [2.45, 2.75) is 19.3 Å². The van der Waals surface area contributed by atoms with E-state index in [1.165, 1.54) is 0 Å². The molecule has 1 amide bonds. The van der Waals surface area contributed by atoms with Gasteiger partial charge in [0.1, 0.15) is 5.75 Å². The summed E-state index contributed by atoms with van der Waals surface area (Å²) in [6, 6.07) is 7.81. The highest BCUT2D eigenvalue weighted by molar-refractivity contribution is 5.79. The Kier molecular flexibility index (Phi) is 5.64. The summed E-state index contributed by atoms with van der Waals surface area (Å²) in [4.78, 5) is 17.2. The van der Waals surface area contributed by atoms with Gasteiger partial charge in [0.05, 0.1) is 13.5 Å². The first kappa shape index (κ1) is 18.2. The van der Waals surface area contributed by atoms with E-state index in [1.54, 1.807) is 7.11 Å². The van der Waals surface area contributed by atoms with Gasteiger partial charge in [0.15, 0.2) is 0 Å². The maximum atomic E-state index is 12.9. The highest BCUT2D eigenvalue weighted by Crippen LogP contribution is 2.44. The largest absolute Gasteiger partial charge is 0.497 e. The Labute approximate surface area is 150 Å². The third-order valence-electron chi connectivity index (χ3n) is 5.73. The molecule has 2 aliphatic heterocycles. The number of methoxy groups -OCH3 is 1. The van der Waals surface area contributed by atoms with E-state index in [1.807, 2.05) is 24.3 Å². The number of benzene rings is 1. The number of carbonyl (C=O) groups is 1. The predicted octanol–water partition coefficient (Wildman–Crippen LogP) is 2.05. The first-order valence-electron chi connectivity index (χ1n) is 9.15. The van der Waals surface area contributed by atoms with Crippen LogP contribution in [0.3, 0.4) is 0 Å². The standard InChI is InChI=1S/C20H30N2O3/c1-21(2)13-17-14-22(15-20(17)7-9-25-10-8-20)19(23)12-16-5-4-6-18(11-16)24-3/h4-6,11,17H,7-10,12-15H2,1-3H3/t17-/m1/s1. The topological polar surface area (TPSA) is 42.0 Å². The van der Waals surface area contributed by atoms with Gasteiger partial charge in [-0.25, -0.2) is 0 Å². The number of ether oxygens (including phenoxy) is 2. The number of hydrogen-bond donors (Lipinski definition) is 0. The van der Waals surface area contributed by atoms with Crippen LogP contribution in [0.4, 0.5) is 0 Å². The van der Waals surface area contributed by atoms with E-state index in [-0.39, 0.29) is 11.3 Å². The number of amides is 1. The molecule has 1 spiro atoms. The van der Waals surface area contributed by atoms with Crippen LogP contribution in [0.15, 0.2) is 24.3 Å². The van der Waals surface area contributed by atoms with Gasteiger partial charge in [-0.05, 0) is 56.0 Å². The van der Waals surface area contributed by atoms with Crippen LogP contribution in [0.5, 0.6) is 5.75 Å². The Bertz CT molecular complexity index is 596. The molecule has 3 rings (SSSR count). The summed E-state index contributed by atoms with van der Waals surface area (Å²) in [5.41, 5.74) is 1.24. The van der Waals surface area contributed by atoms with Crippen molar-refractivity contribution in [3.05, 3.63) is 29.8 Å². The molecule has 1 aromatic carbocycles. The Morgan fingerprint density at radius 3 is 2.80 bits per heavy atom. The van der Waals surface area contributed by atoms with Crippen molar-refractivity contribution in [2.24, 2.45) is 11.3 Å². The molecule has 1 aromatic rings. The third kappa shape index (κ3) is 4.15. The SMILES string of the molecule is COc1cccc(CC(=O)N2C[C@@H](CN(C)C)C3(CCOCC3)C2)c1. The minimum Gasteiger partial charge on any atom is -0.497 e. The molecule has 25 heavy (non-hydrogen) atoms. The first-order valence-corrected chi connectivity index (χ1v) is 9.15. The molecule has 2 heterocycles. The molecule has 0 aromatic heterocycles. The van der Waals surface area contributed by atoms with Crippen LogP contribution in [-0.4, -0.2) is 69.8 Å². The second-order valence-electron chi connectivity index (χ2n) is 7.74. The maximum absolute atomic E-state index is 12.9. The van der Waals surface area contributed by atoms with E-state index >= 15 is 0 Å². The van der Waals surface area contributed by atoms with Crippen molar-refractivity contribution in [3.63, 3.8) is 0 Å². The zero-order chi connectivity index (χ0) is 17.9. The van der Waals surface area contributed by atoms with Crippen LogP contribution >= 0.6 is 0 Å². The lowest BCUT2D eigenvalue weighted by Crippen LogP contribution is -2.41. The van der Waals surface area contributed by atoms with Gasteiger partial charge in [-0.15, -0.1) is 0 Å². The molecular weight excluding hydrogens is 316 g/mol. The highest BCUT2D eigenvalue weighted by Gasteiger charge is 2.48.